The molecule has 2 aromatic rings. The van der Waals surface area contributed by atoms with E-state index in [4.69, 9.17) is 32.7 Å². The molecule has 2 aromatic carbocycles. The number of halogens is 2. The van der Waals surface area contributed by atoms with Gasteiger partial charge in [-0.25, -0.2) is 0 Å². The maximum atomic E-state index is 12.8. The van der Waals surface area contributed by atoms with E-state index in [2.05, 4.69) is 5.32 Å². The van der Waals surface area contributed by atoms with Gasteiger partial charge in [-0.05, 0) is 49.2 Å². The summed E-state index contributed by atoms with van der Waals surface area (Å²) in [6, 6.07) is 10.0. The lowest BCUT2D eigenvalue weighted by Crippen LogP contribution is -2.41. The molecule has 29 heavy (non-hydrogen) atoms. The molecule has 0 radical (unpaired) electrons. The number of anilines is 1. The van der Waals surface area contributed by atoms with E-state index in [1.165, 1.54) is 7.11 Å². The number of likely N-dealkylation sites (tertiary alicyclic amines) is 1. The van der Waals surface area contributed by atoms with Gasteiger partial charge in [0.05, 0.1) is 24.9 Å². The fourth-order valence-electron chi connectivity index (χ4n) is 3.32. The maximum absolute atomic E-state index is 12.8. The quantitative estimate of drug-likeness (QED) is 0.748. The summed E-state index contributed by atoms with van der Waals surface area (Å²) in [6.45, 7) is 0.989. The molecule has 8 heteroatoms. The van der Waals surface area contributed by atoms with Crippen molar-refractivity contribution < 1.29 is 19.1 Å². The number of hydrogen-bond acceptors (Lipinski definition) is 4. The van der Waals surface area contributed by atoms with Crippen LogP contribution in [-0.2, 0) is 4.79 Å². The van der Waals surface area contributed by atoms with Gasteiger partial charge in [-0.2, -0.15) is 0 Å². The van der Waals surface area contributed by atoms with Crippen LogP contribution in [0.1, 0.15) is 23.2 Å². The van der Waals surface area contributed by atoms with Crippen molar-refractivity contribution in [1.29, 1.82) is 0 Å². The number of carbonyl (C=O) groups excluding carboxylic acids is 2. The molecule has 0 spiro atoms. The number of benzene rings is 2. The van der Waals surface area contributed by atoms with Crippen LogP contribution in [0.15, 0.2) is 36.4 Å². The standard InChI is InChI=1S/C21H22Cl2N2O4/c1-28-18-6-3-14(11-19(18)29-2)21(27)25-9-7-13(8-10-25)20(26)24-17-12-15(22)4-5-16(17)23/h3-6,11-13H,7-10H2,1-2H3,(H,24,26). The fraction of sp³-hybridized carbons (Fsp3) is 0.333. The first-order chi connectivity index (χ1) is 13.9. The van der Waals surface area contributed by atoms with Crippen LogP contribution in [-0.4, -0.2) is 44.0 Å². The predicted molar refractivity (Wildman–Crippen MR) is 113 cm³/mol. The highest BCUT2D eigenvalue weighted by atomic mass is 35.5. The van der Waals surface area contributed by atoms with Crippen LogP contribution in [0, 0.1) is 5.92 Å². The van der Waals surface area contributed by atoms with Crippen molar-refractivity contribution in [3.05, 3.63) is 52.0 Å². The van der Waals surface area contributed by atoms with Crippen LogP contribution in [0.2, 0.25) is 10.0 Å². The van der Waals surface area contributed by atoms with Crippen LogP contribution < -0.4 is 14.8 Å². The van der Waals surface area contributed by atoms with E-state index in [9.17, 15) is 9.59 Å². The molecule has 1 heterocycles. The Labute approximate surface area is 179 Å². The lowest BCUT2D eigenvalue weighted by molar-refractivity contribution is -0.121. The Kier molecular flexibility index (Phi) is 6.87. The summed E-state index contributed by atoms with van der Waals surface area (Å²) in [5.74, 6) is 0.666. The molecule has 0 saturated carbocycles. The lowest BCUT2D eigenvalue weighted by atomic mass is 9.95. The normalized spacial score (nSPS) is 14.4. The number of piperidine rings is 1. The van der Waals surface area contributed by atoms with Gasteiger partial charge in [0, 0.05) is 29.6 Å². The summed E-state index contributed by atoms with van der Waals surface area (Å²) >= 11 is 12.1. The Balaban J connectivity index is 1.60. The average Bonchev–Trinajstić information content (AvgIpc) is 2.75. The first-order valence-corrected chi connectivity index (χ1v) is 9.95. The molecule has 3 rings (SSSR count). The first-order valence-electron chi connectivity index (χ1n) is 9.20. The molecular weight excluding hydrogens is 415 g/mol. The molecule has 1 saturated heterocycles. The van der Waals surface area contributed by atoms with Gasteiger partial charge in [-0.15, -0.1) is 0 Å². The van der Waals surface area contributed by atoms with Gasteiger partial charge >= 0.3 is 0 Å². The molecule has 1 aliphatic rings. The molecular formula is C21H22Cl2N2O4. The van der Waals surface area contributed by atoms with Crippen molar-refractivity contribution in [3.8, 4) is 11.5 Å². The second-order valence-corrected chi connectivity index (χ2v) is 7.59. The van der Waals surface area contributed by atoms with Crippen molar-refractivity contribution in [2.75, 3.05) is 32.6 Å². The minimum atomic E-state index is -0.195. The second kappa shape index (κ2) is 9.37. The fourth-order valence-corrected chi connectivity index (χ4v) is 3.66. The molecule has 0 atom stereocenters. The second-order valence-electron chi connectivity index (χ2n) is 6.75. The van der Waals surface area contributed by atoms with Gasteiger partial charge in [0.1, 0.15) is 0 Å². The van der Waals surface area contributed by atoms with Crippen molar-refractivity contribution in [3.63, 3.8) is 0 Å². The Morgan fingerprint density at radius 3 is 2.34 bits per heavy atom. The molecule has 1 N–H and O–H groups in total. The SMILES string of the molecule is COc1ccc(C(=O)N2CCC(C(=O)Nc3cc(Cl)ccc3Cl)CC2)cc1OC. The van der Waals surface area contributed by atoms with E-state index in [-0.39, 0.29) is 17.7 Å². The smallest absolute Gasteiger partial charge is 0.253 e. The van der Waals surface area contributed by atoms with E-state index in [0.717, 1.165) is 0 Å². The van der Waals surface area contributed by atoms with E-state index in [0.29, 0.717) is 58.7 Å². The molecule has 0 aromatic heterocycles. The third kappa shape index (κ3) is 4.95. The van der Waals surface area contributed by atoms with Crippen LogP contribution in [0.4, 0.5) is 5.69 Å². The van der Waals surface area contributed by atoms with Crippen molar-refractivity contribution in [2.45, 2.75) is 12.8 Å². The third-order valence-electron chi connectivity index (χ3n) is 4.97. The molecule has 1 fully saturated rings. The number of carbonyl (C=O) groups is 2. The Morgan fingerprint density at radius 1 is 1.00 bits per heavy atom. The van der Waals surface area contributed by atoms with E-state index in [1.807, 2.05) is 0 Å². The average molecular weight is 437 g/mol. The van der Waals surface area contributed by atoms with Gasteiger partial charge in [0.25, 0.3) is 5.91 Å². The molecule has 0 bridgehead atoms. The zero-order chi connectivity index (χ0) is 21.0. The van der Waals surface area contributed by atoms with Crippen molar-refractivity contribution in [2.24, 2.45) is 5.92 Å². The number of methoxy groups -OCH3 is 2. The molecule has 6 nitrogen and oxygen atoms in total. The monoisotopic (exact) mass is 436 g/mol. The van der Waals surface area contributed by atoms with Crippen molar-refractivity contribution >= 4 is 40.7 Å². The minimum Gasteiger partial charge on any atom is -0.493 e. The lowest BCUT2D eigenvalue weighted by Gasteiger charge is -2.31. The zero-order valence-electron chi connectivity index (χ0n) is 16.2. The highest BCUT2D eigenvalue weighted by molar-refractivity contribution is 6.35. The molecule has 0 unspecified atom stereocenters. The summed E-state index contributed by atoms with van der Waals surface area (Å²) in [5.41, 5.74) is 1.02. The summed E-state index contributed by atoms with van der Waals surface area (Å²) in [7, 11) is 3.08. The Hall–Kier alpha value is -2.44. The van der Waals surface area contributed by atoms with Gasteiger partial charge in [-0.3, -0.25) is 9.59 Å². The Bertz CT molecular complexity index is 912. The third-order valence-corrected chi connectivity index (χ3v) is 5.53. The highest BCUT2D eigenvalue weighted by Gasteiger charge is 2.28. The molecule has 154 valence electrons. The van der Waals surface area contributed by atoms with Crippen molar-refractivity contribution in [1.82, 2.24) is 4.90 Å². The summed E-state index contributed by atoms with van der Waals surface area (Å²) in [4.78, 5) is 27.1. The highest BCUT2D eigenvalue weighted by Crippen LogP contribution is 2.30. The summed E-state index contributed by atoms with van der Waals surface area (Å²) in [5, 5.41) is 3.77. The first kappa shape index (κ1) is 21.3. The van der Waals surface area contributed by atoms with E-state index >= 15 is 0 Å². The number of ether oxygens (including phenoxy) is 2. The van der Waals surface area contributed by atoms with Gasteiger partial charge in [0.15, 0.2) is 11.5 Å². The van der Waals surface area contributed by atoms with E-state index < -0.39 is 0 Å². The zero-order valence-corrected chi connectivity index (χ0v) is 17.7. The number of nitrogens with one attached hydrogen (secondary N) is 1. The maximum Gasteiger partial charge on any atom is 0.253 e. The number of rotatable bonds is 5. The van der Waals surface area contributed by atoms with Gasteiger partial charge in [-0.1, -0.05) is 23.2 Å². The van der Waals surface area contributed by atoms with Crippen LogP contribution in [0.25, 0.3) is 0 Å². The topological polar surface area (TPSA) is 67.9 Å². The number of amides is 2. The molecule has 2 amide bonds. The summed E-state index contributed by atoms with van der Waals surface area (Å²) < 4.78 is 10.5. The van der Waals surface area contributed by atoms with Crippen LogP contribution in [0.3, 0.4) is 0 Å². The minimum absolute atomic E-state index is 0.0947. The van der Waals surface area contributed by atoms with Crippen LogP contribution in [0.5, 0.6) is 11.5 Å². The van der Waals surface area contributed by atoms with Crippen LogP contribution >= 0.6 is 23.2 Å². The van der Waals surface area contributed by atoms with E-state index in [1.54, 1.807) is 48.4 Å². The number of nitrogens with zero attached hydrogens (tertiary/aromatic N) is 1. The number of hydrogen-bond donors (Lipinski definition) is 1. The largest absolute Gasteiger partial charge is 0.493 e. The van der Waals surface area contributed by atoms with Gasteiger partial charge < -0.3 is 19.7 Å². The van der Waals surface area contributed by atoms with Gasteiger partial charge in [0.2, 0.25) is 5.91 Å². The molecule has 0 aliphatic carbocycles. The molecule has 1 aliphatic heterocycles. The Morgan fingerprint density at radius 2 is 1.69 bits per heavy atom. The summed E-state index contributed by atoms with van der Waals surface area (Å²) in [6.07, 6.45) is 1.14. The predicted octanol–water partition coefficient (Wildman–Crippen LogP) is 4.50.